The van der Waals surface area contributed by atoms with Crippen molar-refractivity contribution in [3.63, 3.8) is 0 Å². The molecule has 1 aliphatic carbocycles. The number of aromatic amines is 1. The summed E-state index contributed by atoms with van der Waals surface area (Å²) in [4.78, 5) is 36.4. The summed E-state index contributed by atoms with van der Waals surface area (Å²) in [7, 11) is 1.81. The molecule has 0 unspecified atom stereocenters. The Labute approximate surface area is 213 Å². The number of aromatic nitrogens is 5. The molecule has 2 fully saturated rings. The molecule has 1 atom stereocenters. The molecule has 4 heterocycles. The molecule has 1 saturated heterocycles. The predicted octanol–water partition coefficient (Wildman–Crippen LogP) is 4.20. The summed E-state index contributed by atoms with van der Waals surface area (Å²) in [5.41, 5.74) is 4.70. The number of H-pyrrole nitrogens is 1. The molecule has 1 saturated carbocycles. The molecule has 2 aromatic carbocycles. The number of carbonyl (C=O) groups is 1. The van der Waals surface area contributed by atoms with Crippen molar-refractivity contribution in [1.29, 1.82) is 0 Å². The van der Waals surface area contributed by atoms with Crippen LogP contribution in [0.2, 0.25) is 0 Å². The zero-order valence-electron chi connectivity index (χ0n) is 20.7. The van der Waals surface area contributed by atoms with Crippen LogP contribution in [0.15, 0.2) is 65.7 Å². The highest BCUT2D eigenvalue weighted by Gasteiger charge is 2.37. The van der Waals surface area contributed by atoms with Gasteiger partial charge in [0.25, 0.3) is 5.56 Å². The number of rotatable bonds is 5. The van der Waals surface area contributed by atoms with Crippen LogP contribution in [0.5, 0.6) is 0 Å². The van der Waals surface area contributed by atoms with Crippen LogP contribution in [-0.2, 0) is 18.4 Å². The highest BCUT2D eigenvalue weighted by molar-refractivity contribution is 5.85. The number of benzene rings is 2. The second kappa shape index (κ2) is 8.44. The quantitative estimate of drug-likeness (QED) is 0.398. The molecular formula is C29H28N6O2. The molecule has 37 heavy (non-hydrogen) atoms. The van der Waals surface area contributed by atoms with Gasteiger partial charge in [-0.3, -0.25) is 18.8 Å². The van der Waals surface area contributed by atoms with E-state index in [1.54, 1.807) is 22.5 Å². The lowest BCUT2D eigenvalue weighted by Gasteiger charge is -2.18. The third-order valence-corrected chi connectivity index (χ3v) is 7.85. The van der Waals surface area contributed by atoms with Gasteiger partial charge in [0.2, 0.25) is 5.91 Å². The average Bonchev–Trinajstić information content (AvgIpc) is 3.29. The average molecular weight is 493 g/mol. The Kier molecular flexibility index (Phi) is 5.02. The molecule has 0 spiro atoms. The van der Waals surface area contributed by atoms with Crippen LogP contribution in [0, 0.1) is 11.8 Å². The Bertz CT molecular complexity index is 1710. The van der Waals surface area contributed by atoms with Crippen molar-refractivity contribution in [2.75, 3.05) is 13.1 Å². The second-order valence-corrected chi connectivity index (χ2v) is 10.4. The van der Waals surface area contributed by atoms with Gasteiger partial charge in [-0.1, -0.05) is 36.4 Å². The van der Waals surface area contributed by atoms with E-state index in [1.807, 2.05) is 23.2 Å². The monoisotopic (exact) mass is 492 g/mol. The van der Waals surface area contributed by atoms with Gasteiger partial charge in [0.15, 0.2) is 5.65 Å². The maximum atomic E-state index is 13.6. The van der Waals surface area contributed by atoms with Crippen LogP contribution in [-0.4, -0.2) is 48.2 Å². The minimum Gasteiger partial charge on any atom is -0.361 e. The lowest BCUT2D eigenvalue weighted by molar-refractivity contribution is -0.131. The molecule has 8 nitrogen and oxygen atoms in total. The van der Waals surface area contributed by atoms with Crippen LogP contribution in [0.25, 0.3) is 44.5 Å². The van der Waals surface area contributed by atoms with Crippen LogP contribution in [0.3, 0.4) is 0 Å². The Morgan fingerprint density at radius 3 is 2.62 bits per heavy atom. The second-order valence-electron chi connectivity index (χ2n) is 10.4. The Morgan fingerprint density at radius 2 is 1.81 bits per heavy atom. The van der Waals surface area contributed by atoms with E-state index < -0.39 is 0 Å². The lowest BCUT2D eigenvalue weighted by atomic mass is 10.0. The molecule has 1 amide bonds. The number of aryl methyl sites for hydroxylation is 1. The van der Waals surface area contributed by atoms with E-state index >= 15 is 0 Å². The minimum absolute atomic E-state index is 0.0821. The topological polar surface area (TPSA) is 88.8 Å². The molecule has 3 aromatic heterocycles. The fourth-order valence-electron chi connectivity index (χ4n) is 5.57. The van der Waals surface area contributed by atoms with Gasteiger partial charge in [-0.05, 0) is 53.8 Å². The van der Waals surface area contributed by atoms with Crippen LogP contribution in [0.1, 0.15) is 19.3 Å². The van der Waals surface area contributed by atoms with Crippen molar-refractivity contribution in [3.8, 4) is 22.5 Å². The summed E-state index contributed by atoms with van der Waals surface area (Å²) in [5, 5.41) is 5.99. The number of amides is 1. The number of fused-ring (bicyclic) bond motifs is 2. The van der Waals surface area contributed by atoms with Gasteiger partial charge in [0.1, 0.15) is 11.2 Å². The number of likely N-dealkylation sites (tertiary alicyclic amines) is 1. The summed E-state index contributed by atoms with van der Waals surface area (Å²) >= 11 is 0. The maximum absolute atomic E-state index is 13.6. The van der Waals surface area contributed by atoms with Crippen LogP contribution < -0.4 is 5.56 Å². The first-order valence-corrected chi connectivity index (χ1v) is 12.9. The number of nitrogens with one attached hydrogen (secondary N) is 1. The summed E-state index contributed by atoms with van der Waals surface area (Å²) in [5.74, 6) is 1.37. The van der Waals surface area contributed by atoms with Gasteiger partial charge in [-0.15, -0.1) is 0 Å². The molecule has 5 aromatic rings. The molecule has 1 aliphatic heterocycles. The first kappa shape index (κ1) is 22.0. The van der Waals surface area contributed by atoms with Crippen molar-refractivity contribution < 1.29 is 4.79 Å². The SMILES string of the molecule is Cn1ncc2c(=O)n(C[C@@H]3CCN(C(=O)C4CC4)C3)c(-c3ccc(-c4ccc5cc[nH]c5c4)cc3)nc21. The van der Waals surface area contributed by atoms with Crippen molar-refractivity contribution in [1.82, 2.24) is 29.2 Å². The Hall–Kier alpha value is -4.20. The Balaban J connectivity index is 1.24. The number of hydrogen-bond acceptors (Lipinski definition) is 4. The van der Waals surface area contributed by atoms with Gasteiger partial charge >= 0.3 is 0 Å². The first-order chi connectivity index (χ1) is 18.0. The lowest BCUT2D eigenvalue weighted by Crippen LogP contribution is -2.32. The van der Waals surface area contributed by atoms with Gasteiger partial charge in [-0.2, -0.15) is 5.10 Å². The zero-order chi connectivity index (χ0) is 25.1. The summed E-state index contributed by atoms with van der Waals surface area (Å²) < 4.78 is 3.44. The fraction of sp³-hybridized carbons (Fsp3) is 0.310. The van der Waals surface area contributed by atoms with E-state index in [1.165, 1.54) is 5.39 Å². The van der Waals surface area contributed by atoms with Gasteiger partial charge in [0, 0.05) is 49.9 Å². The van der Waals surface area contributed by atoms with E-state index in [-0.39, 0.29) is 23.3 Å². The molecule has 186 valence electrons. The van der Waals surface area contributed by atoms with Crippen molar-refractivity contribution in [3.05, 3.63) is 71.3 Å². The Morgan fingerprint density at radius 1 is 1.03 bits per heavy atom. The highest BCUT2D eigenvalue weighted by atomic mass is 16.2. The van der Waals surface area contributed by atoms with E-state index in [2.05, 4.69) is 46.5 Å². The molecule has 7 rings (SSSR count). The predicted molar refractivity (Wildman–Crippen MR) is 143 cm³/mol. The molecule has 1 N–H and O–H groups in total. The van der Waals surface area contributed by atoms with E-state index in [4.69, 9.17) is 4.98 Å². The van der Waals surface area contributed by atoms with Gasteiger partial charge in [0.05, 0.1) is 6.20 Å². The third kappa shape index (κ3) is 3.84. The fourth-order valence-corrected chi connectivity index (χ4v) is 5.57. The van der Waals surface area contributed by atoms with E-state index in [0.29, 0.717) is 29.9 Å². The van der Waals surface area contributed by atoms with Crippen LogP contribution >= 0.6 is 0 Å². The summed E-state index contributed by atoms with van der Waals surface area (Å²) in [6, 6.07) is 16.7. The largest absolute Gasteiger partial charge is 0.361 e. The van der Waals surface area contributed by atoms with Crippen molar-refractivity contribution >= 4 is 27.8 Å². The van der Waals surface area contributed by atoms with Gasteiger partial charge < -0.3 is 9.88 Å². The molecular weight excluding hydrogens is 464 g/mol. The first-order valence-electron chi connectivity index (χ1n) is 12.9. The normalized spacial score (nSPS) is 17.8. The van der Waals surface area contributed by atoms with Crippen molar-refractivity contribution in [2.45, 2.75) is 25.8 Å². The smallest absolute Gasteiger partial charge is 0.264 e. The summed E-state index contributed by atoms with van der Waals surface area (Å²) in [6.45, 7) is 2.00. The highest BCUT2D eigenvalue weighted by Crippen LogP contribution is 2.33. The zero-order valence-corrected chi connectivity index (χ0v) is 20.7. The molecule has 0 bridgehead atoms. The standard InChI is InChI=1S/C29H28N6O2/c1-33-27-24(15-31-33)29(37)35(17-18-11-13-34(16-18)28(36)22-7-8-22)26(32-27)21-5-2-19(3-6-21)23-9-4-20-10-12-30-25(20)14-23/h2-6,9-10,12,14-15,18,22,30H,7-8,11,13,16-17H2,1H3/t18-/m1/s1. The molecule has 0 radical (unpaired) electrons. The minimum atomic E-state index is -0.0821. The van der Waals surface area contributed by atoms with Gasteiger partial charge in [-0.25, -0.2) is 4.98 Å². The van der Waals surface area contributed by atoms with E-state index in [0.717, 1.165) is 48.0 Å². The van der Waals surface area contributed by atoms with Crippen LogP contribution in [0.4, 0.5) is 0 Å². The maximum Gasteiger partial charge on any atom is 0.264 e. The van der Waals surface area contributed by atoms with Crippen molar-refractivity contribution in [2.24, 2.45) is 18.9 Å². The molecule has 2 aliphatic rings. The van der Waals surface area contributed by atoms with E-state index in [9.17, 15) is 9.59 Å². The third-order valence-electron chi connectivity index (χ3n) is 7.85. The number of carbonyl (C=O) groups excluding carboxylic acids is 1. The number of hydrogen-bond donors (Lipinski definition) is 1. The number of nitrogens with zero attached hydrogens (tertiary/aromatic N) is 5. The summed E-state index contributed by atoms with van der Waals surface area (Å²) in [6.07, 6.45) is 6.47. The molecule has 8 heteroatoms.